The number of nitrogens with one attached hydrogen (secondary N) is 1. The number of halogens is 6. The lowest BCUT2D eigenvalue weighted by Crippen LogP contribution is -2.08. The van der Waals surface area contributed by atoms with Crippen molar-refractivity contribution in [1.82, 2.24) is 9.78 Å². The average Bonchev–Trinajstić information content (AvgIpc) is 2.99. The molecule has 0 saturated carbocycles. The van der Waals surface area contributed by atoms with Crippen LogP contribution >= 0.6 is 0 Å². The Bertz CT molecular complexity index is 1320. The van der Waals surface area contributed by atoms with Crippen molar-refractivity contribution >= 4 is 10.9 Å². The fraction of sp³-hybridized carbons (Fsp3) is 0.0952. The van der Waals surface area contributed by atoms with Gasteiger partial charge in [-0.05, 0) is 53.1 Å². The zero-order valence-electron chi connectivity index (χ0n) is 15.0. The molecule has 3 aromatic carbocycles. The van der Waals surface area contributed by atoms with Crippen LogP contribution in [-0.2, 0) is 12.7 Å². The van der Waals surface area contributed by atoms with Crippen LogP contribution in [0.4, 0.5) is 26.3 Å². The minimum atomic E-state index is -4.85. The van der Waals surface area contributed by atoms with Crippen LogP contribution in [0, 0.1) is 17.5 Å². The summed E-state index contributed by atoms with van der Waals surface area (Å²) < 4.78 is 80.4. The maximum Gasteiger partial charge on any atom is 0.419 e. The summed E-state index contributed by atoms with van der Waals surface area (Å²) in [5.74, 6) is -3.40. The number of fused-ring (bicyclic) bond motifs is 1. The van der Waals surface area contributed by atoms with Gasteiger partial charge < -0.3 is 0 Å². The van der Waals surface area contributed by atoms with Crippen molar-refractivity contribution in [2.24, 2.45) is 0 Å². The summed E-state index contributed by atoms with van der Waals surface area (Å²) in [6.07, 6.45) is -4.85. The molecule has 0 aliphatic carbocycles. The molecule has 0 amide bonds. The highest BCUT2D eigenvalue weighted by molar-refractivity contribution is 5.84. The topological polar surface area (TPSA) is 37.8 Å². The molecule has 1 N–H and O–H groups in total. The zero-order chi connectivity index (χ0) is 21.6. The highest BCUT2D eigenvalue weighted by Crippen LogP contribution is 2.34. The lowest BCUT2D eigenvalue weighted by molar-refractivity contribution is -0.139. The third-order valence-electron chi connectivity index (χ3n) is 4.70. The van der Waals surface area contributed by atoms with Crippen LogP contribution in [0.5, 0.6) is 0 Å². The van der Waals surface area contributed by atoms with Crippen molar-refractivity contribution in [3.05, 3.63) is 93.5 Å². The molecule has 30 heavy (non-hydrogen) atoms. The van der Waals surface area contributed by atoms with Gasteiger partial charge in [0.15, 0.2) is 11.6 Å². The maximum atomic E-state index is 13.5. The summed E-state index contributed by atoms with van der Waals surface area (Å²) in [6.45, 7) is 0.0457. The number of nitrogens with zero attached hydrogens (tertiary/aromatic N) is 1. The fourth-order valence-electron chi connectivity index (χ4n) is 3.24. The second-order valence-corrected chi connectivity index (χ2v) is 6.70. The largest absolute Gasteiger partial charge is 0.419 e. The maximum absolute atomic E-state index is 13.5. The van der Waals surface area contributed by atoms with Crippen molar-refractivity contribution in [2.75, 3.05) is 0 Å². The molecule has 4 aromatic rings. The van der Waals surface area contributed by atoms with Crippen LogP contribution in [0.25, 0.3) is 22.0 Å². The third kappa shape index (κ3) is 3.58. The molecule has 1 aromatic heterocycles. The van der Waals surface area contributed by atoms with Gasteiger partial charge in [0, 0.05) is 0 Å². The van der Waals surface area contributed by atoms with Gasteiger partial charge >= 0.3 is 6.18 Å². The second kappa shape index (κ2) is 7.08. The Hall–Kier alpha value is -3.49. The summed E-state index contributed by atoms with van der Waals surface area (Å²) in [6, 6.07) is 10.3. The van der Waals surface area contributed by atoms with E-state index >= 15 is 0 Å². The molecular weight excluding hydrogens is 410 g/mol. The van der Waals surface area contributed by atoms with E-state index in [1.807, 2.05) is 0 Å². The molecule has 0 spiro atoms. The van der Waals surface area contributed by atoms with E-state index in [2.05, 4.69) is 5.10 Å². The number of alkyl halides is 3. The molecule has 4 rings (SSSR count). The number of aromatic amines is 1. The Morgan fingerprint density at radius 3 is 2.17 bits per heavy atom. The van der Waals surface area contributed by atoms with Crippen LogP contribution in [0.3, 0.4) is 0 Å². The van der Waals surface area contributed by atoms with E-state index in [-0.39, 0.29) is 17.5 Å². The summed E-state index contributed by atoms with van der Waals surface area (Å²) in [5, 5.41) is 2.75. The molecular formula is C21H12F6N2O. The van der Waals surface area contributed by atoms with E-state index in [0.717, 1.165) is 18.2 Å². The first-order valence-electron chi connectivity index (χ1n) is 8.67. The minimum absolute atomic E-state index is 0.0457. The number of H-pyrrole nitrogens is 1. The Kier molecular flexibility index (Phi) is 4.68. The standard InChI is InChI=1S/C21H12F6N2O/c22-16-5-2-13(9-15(16)21(25,26)27)12-3-6-19-14(8-12)20(30)28-29(19)10-11-1-4-17(23)18(24)7-11/h1-9H,10H2,(H,28,30). The first kappa shape index (κ1) is 19.8. The molecule has 154 valence electrons. The number of rotatable bonds is 3. The van der Waals surface area contributed by atoms with Crippen molar-refractivity contribution in [2.45, 2.75) is 12.7 Å². The highest BCUT2D eigenvalue weighted by Gasteiger charge is 2.34. The predicted molar refractivity (Wildman–Crippen MR) is 98.4 cm³/mol. The van der Waals surface area contributed by atoms with E-state index in [1.165, 1.54) is 35.0 Å². The summed E-state index contributed by atoms with van der Waals surface area (Å²) >= 11 is 0. The Morgan fingerprint density at radius 1 is 0.800 bits per heavy atom. The Morgan fingerprint density at radius 2 is 1.47 bits per heavy atom. The smallest absolute Gasteiger partial charge is 0.280 e. The van der Waals surface area contributed by atoms with Gasteiger partial charge in [-0.2, -0.15) is 13.2 Å². The van der Waals surface area contributed by atoms with Crippen LogP contribution in [0.2, 0.25) is 0 Å². The van der Waals surface area contributed by atoms with Crippen molar-refractivity contribution in [3.8, 4) is 11.1 Å². The summed E-state index contributed by atoms with van der Waals surface area (Å²) in [4.78, 5) is 12.3. The monoisotopic (exact) mass is 422 g/mol. The van der Waals surface area contributed by atoms with Crippen molar-refractivity contribution in [3.63, 3.8) is 0 Å². The number of benzene rings is 3. The Balaban J connectivity index is 1.75. The first-order chi connectivity index (χ1) is 14.1. The van der Waals surface area contributed by atoms with E-state index in [4.69, 9.17) is 0 Å². The molecule has 1 heterocycles. The van der Waals surface area contributed by atoms with Crippen LogP contribution in [0.1, 0.15) is 11.1 Å². The molecule has 0 atom stereocenters. The highest BCUT2D eigenvalue weighted by atomic mass is 19.4. The summed E-state index contributed by atoms with van der Waals surface area (Å²) in [5.41, 5.74) is -0.689. The number of aromatic nitrogens is 2. The molecule has 3 nitrogen and oxygen atoms in total. The molecule has 9 heteroatoms. The predicted octanol–water partition coefficient (Wildman–Crippen LogP) is 5.48. The summed E-state index contributed by atoms with van der Waals surface area (Å²) in [7, 11) is 0. The van der Waals surface area contributed by atoms with Gasteiger partial charge in [0.2, 0.25) is 0 Å². The minimum Gasteiger partial charge on any atom is -0.280 e. The van der Waals surface area contributed by atoms with Gasteiger partial charge in [0.25, 0.3) is 5.56 Å². The van der Waals surface area contributed by atoms with Crippen LogP contribution in [0.15, 0.2) is 59.4 Å². The number of hydrogen-bond donors (Lipinski definition) is 1. The van der Waals surface area contributed by atoms with Crippen LogP contribution in [-0.4, -0.2) is 9.78 Å². The lowest BCUT2D eigenvalue weighted by atomic mass is 10.0. The van der Waals surface area contributed by atoms with Gasteiger partial charge in [-0.15, -0.1) is 0 Å². The molecule has 0 fully saturated rings. The molecule has 0 aliphatic rings. The van der Waals surface area contributed by atoms with Crippen molar-refractivity contribution in [1.29, 1.82) is 0 Å². The zero-order valence-corrected chi connectivity index (χ0v) is 15.0. The van der Waals surface area contributed by atoms with E-state index < -0.39 is 34.8 Å². The van der Waals surface area contributed by atoms with Gasteiger partial charge in [0.05, 0.1) is 23.0 Å². The first-order valence-corrected chi connectivity index (χ1v) is 8.67. The lowest BCUT2D eigenvalue weighted by Gasteiger charge is -2.10. The fourth-order valence-corrected chi connectivity index (χ4v) is 3.24. The van der Waals surface area contributed by atoms with Gasteiger partial charge in [-0.1, -0.05) is 18.2 Å². The molecule has 0 radical (unpaired) electrons. The average molecular weight is 422 g/mol. The molecule has 0 saturated heterocycles. The molecule has 0 bridgehead atoms. The van der Waals surface area contributed by atoms with E-state index in [0.29, 0.717) is 22.7 Å². The normalized spacial score (nSPS) is 11.9. The quantitative estimate of drug-likeness (QED) is 0.436. The van der Waals surface area contributed by atoms with Gasteiger partial charge in [0.1, 0.15) is 5.82 Å². The Labute approximate surface area is 165 Å². The molecule has 0 unspecified atom stereocenters. The third-order valence-corrected chi connectivity index (χ3v) is 4.70. The van der Waals surface area contributed by atoms with Crippen molar-refractivity contribution < 1.29 is 26.3 Å². The van der Waals surface area contributed by atoms with Gasteiger partial charge in [-0.25, -0.2) is 13.2 Å². The van der Waals surface area contributed by atoms with Gasteiger partial charge in [-0.3, -0.25) is 14.6 Å². The number of hydrogen-bond acceptors (Lipinski definition) is 1. The molecule has 0 aliphatic heterocycles. The van der Waals surface area contributed by atoms with Crippen LogP contribution < -0.4 is 5.56 Å². The van der Waals surface area contributed by atoms with E-state index in [9.17, 15) is 31.1 Å². The van der Waals surface area contributed by atoms with E-state index in [1.54, 1.807) is 0 Å². The second-order valence-electron chi connectivity index (χ2n) is 6.70. The SMILES string of the molecule is O=c1[nH]n(Cc2ccc(F)c(F)c2)c2ccc(-c3ccc(F)c(C(F)(F)F)c3)cc12.